The van der Waals surface area contributed by atoms with Crippen molar-refractivity contribution in [2.24, 2.45) is 0 Å². The van der Waals surface area contributed by atoms with Gasteiger partial charge in [0, 0.05) is 79.5 Å². The maximum atomic E-state index is 15.6. The Kier molecular flexibility index (Phi) is 8.35. The molecule has 0 aliphatic carbocycles. The second-order valence-electron chi connectivity index (χ2n) is 11.1. The second kappa shape index (κ2) is 11.7. The molecule has 1 aromatic carbocycles. The number of fused-ring (bicyclic) bond motifs is 4. The third-order valence-electron chi connectivity index (χ3n) is 7.60. The van der Waals surface area contributed by atoms with E-state index in [2.05, 4.69) is 30.0 Å². The van der Waals surface area contributed by atoms with Crippen LogP contribution < -0.4 is 24.6 Å². The number of hydrogen-bond acceptors (Lipinski definition) is 10. The van der Waals surface area contributed by atoms with Crippen molar-refractivity contribution in [3.8, 4) is 17.0 Å². The van der Waals surface area contributed by atoms with Crippen molar-refractivity contribution in [3.05, 3.63) is 60.4 Å². The summed E-state index contributed by atoms with van der Waals surface area (Å²) < 4.78 is 48.1. The summed E-state index contributed by atoms with van der Waals surface area (Å²) in [5, 5.41) is 3.84. The molecule has 6 rings (SSSR count). The van der Waals surface area contributed by atoms with Gasteiger partial charge in [0.25, 0.3) is 0 Å². The van der Waals surface area contributed by atoms with Crippen LogP contribution in [0.25, 0.3) is 22.0 Å². The number of likely N-dealkylation sites (N-methyl/N-ethyl adjacent to an activating group) is 1. The van der Waals surface area contributed by atoms with E-state index in [1.54, 1.807) is 42.7 Å². The van der Waals surface area contributed by atoms with Crippen LogP contribution in [0, 0.1) is 5.82 Å². The van der Waals surface area contributed by atoms with Crippen LogP contribution in [0.1, 0.15) is 19.4 Å². The molecule has 12 nitrogen and oxygen atoms in total. The normalized spacial score (nSPS) is 15.4. The van der Waals surface area contributed by atoms with Gasteiger partial charge in [0.05, 0.1) is 23.7 Å². The number of carbonyl (C=O) groups excluding carboxylic acids is 1. The number of benzene rings is 1. The number of pyridine rings is 2. The van der Waals surface area contributed by atoms with Gasteiger partial charge in [-0.1, -0.05) is 13.8 Å². The number of hydrogen-bond donors (Lipinski definition) is 2. The van der Waals surface area contributed by atoms with Crippen LogP contribution in [0.2, 0.25) is 0 Å². The smallest absolute Gasteiger partial charge is 0.241 e. The lowest BCUT2D eigenvalue weighted by molar-refractivity contribution is -0.123. The zero-order chi connectivity index (χ0) is 30.5. The first kappa shape index (κ1) is 31.3. The molecule has 5 heterocycles. The van der Waals surface area contributed by atoms with Gasteiger partial charge < -0.3 is 19.9 Å². The van der Waals surface area contributed by atoms with Crippen LogP contribution in [0.3, 0.4) is 0 Å². The quantitative estimate of drug-likeness (QED) is 0.262. The summed E-state index contributed by atoms with van der Waals surface area (Å²) in [6.45, 7) is 5.50. The molecular formula is C29H32ClFN8O4S. The molecule has 1 amide bonds. The number of sulfonamides is 1. The van der Waals surface area contributed by atoms with Gasteiger partial charge in [-0.3, -0.25) is 14.5 Å². The molecule has 232 valence electrons. The Morgan fingerprint density at radius 3 is 2.50 bits per heavy atom. The van der Waals surface area contributed by atoms with Crippen molar-refractivity contribution in [2.75, 3.05) is 54.1 Å². The minimum atomic E-state index is -3.69. The van der Waals surface area contributed by atoms with E-state index in [4.69, 9.17) is 4.74 Å². The predicted octanol–water partition coefficient (Wildman–Crippen LogP) is 3.13. The third kappa shape index (κ3) is 5.60. The van der Waals surface area contributed by atoms with Gasteiger partial charge in [0.2, 0.25) is 27.8 Å². The Labute approximate surface area is 260 Å². The number of nitrogens with zero attached hydrogens (tertiary/aromatic N) is 6. The minimum absolute atomic E-state index is 0. The molecule has 2 aliphatic rings. The lowest BCUT2D eigenvalue weighted by Crippen LogP contribution is -2.64. The highest BCUT2D eigenvalue weighted by Gasteiger charge is 2.59. The van der Waals surface area contributed by atoms with Crippen LogP contribution in [0.4, 0.5) is 21.7 Å². The molecule has 1 spiro atoms. The molecule has 0 bridgehead atoms. The SMILES string of the molecule is CC(C)NCCOc1ncc(-c2cc3c4c(cnc3cc2F)N(C)C(=O)C42CN(c3ncccn3)C2)cc1NS(C)(=O)=O.Cl. The van der Waals surface area contributed by atoms with Gasteiger partial charge in [-0.05, 0) is 18.2 Å². The lowest BCUT2D eigenvalue weighted by Gasteiger charge is -2.46. The van der Waals surface area contributed by atoms with Crippen molar-refractivity contribution in [1.82, 2.24) is 25.3 Å². The number of anilines is 3. The first-order valence-corrected chi connectivity index (χ1v) is 15.6. The summed E-state index contributed by atoms with van der Waals surface area (Å²) in [5.74, 6) is -0.0418. The van der Waals surface area contributed by atoms with Gasteiger partial charge in [-0.2, -0.15) is 0 Å². The van der Waals surface area contributed by atoms with E-state index in [1.807, 2.05) is 18.7 Å². The highest BCUT2D eigenvalue weighted by molar-refractivity contribution is 7.92. The Morgan fingerprint density at radius 1 is 1.09 bits per heavy atom. The summed E-state index contributed by atoms with van der Waals surface area (Å²) in [6, 6.07) is 6.45. The van der Waals surface area contributed by atoms with Crippen LogP contribution in [-0.2, 0) is 20.2 Å². The second-order valence-corrected chi connectivity index (χ2v) is 12.9. The van der Waals surface area contributed by atoms with E-state index in [1.165, 1.54) is 18.3 Å². The lowest BCUT2D eigenvalue weighted by atomic mass is 9.73. The maximum absolute atomic E-state index is 15.6. The molecule has 1 fully saturated rings. The van der Waals surface area contributed by atoms with E-state index in [0.29, 0.717) is 47.7 Å². The molecule has 2 aliphatic heterocycles. The number of amides is 1. The van der Waals surface area contributed by atoms with E-state index in [9.17, 15) is 13.2 Å². The molecule has 1 saturated heterocycles. The number of rotatable bonds is 9. The van der Waals surface area contributed by atoms with Gasteiger partial charge >= 0.3 is 0 Å². The van der Waals surface area contributed by atoms with E-state index in [0.717, 1.165) is 11.8 Å². The summed E-state index contributed by atoms with van der Waals surface area (Å²) in [7, 11) is -1.99. The summed E-state index contributed by atoms with van der Waals surface area (Å²) in [5.41, 5.74) is 1.54. The van der Waals surface area contributed by atoms with Gasteiger partial charge in [-0.25, -0.2) is 27.8 Å². The van der Waals surface area contributed by atoms with Crippen LogP contribution >= 0.6 is 12.4 Å². The average molecular weight is 643 g/mol. The van der Waals surface area contributed by atoms with Gasteiger partial charge in [0.15, 0.2) is 0 Å². The van der Waals surface area contributed by atoms with Gasteiger partial charge in [0.1, 0.15) is 23.5 Å². The van der Waals surface area contributed by atoms with Crippen molar-refractivity contribution in [2.45, 2.75) is 25.3 Å². The van der Waals surface area contributed by atoms with Crippen molar-refractivity contribution < 1.29 is 22.3 Å². The average Bonchev–Trinajstić information content (AvgIpc) is 3.16. The first-order chi connectivity index (χ1) is 20.5. The van der Waals surface area contributed by atoms with Crippen LogP contribution in [0.15, 0.2) is 49.1 Å². The number of aromatic nitrogens is 4. The molecule has 0 unspecified atom stereocenters. The Bertz CT molecular complexity index is 1840. The van der Waals surface area contributed by atoms with E-state index < -0.39 is 21.3 Å². The fraction of sp³-hybridized carbons (Fsp3) is 0.345. The molecule has 0 saturated carbocycles. The van der Waals surface area contributed by atoms with E-state index in [-0.39, 0.29) is 48.1 Å². The fourth-order valence-electron chi connectivity index (χ4n) is 5.70. The zero-order valence-electron chi connectivity index (χ0n) is 24.5. The largest absolute Gasteiger partial charge is 0.475 e. The first-order valence-electron chi connectivity index (χ1n) is 13.7. The molecule has 4 aromatic rings. The molecule has 0 radical (unpaired) electrons. The summed E-state index contributed by atoms with van der Waals surface area (Å²) in [6.07, 6.45) is 7.35. The topological polar surface area (TPSA) is 143 Å². The number of carbonyl (C=O) groups is 1. The molecule has 15 heteroatoms. The Morgan fingerprint density at radius 2 is 1.82 bits per heavy atom. The molecule has 44 heavy (non-hydrogen) atoms. The third-order valence-corrected chi connectivity index (χ3v) is 8.19. The summed E-state index contributed by atoms with van der Waals surface area (Å²) in [4.78, 5) is 34.6. The van der Waals surface area contributed by atoms with E-state index >= 15 is 4.39 Å². The van der Waals surface area contributed by atoms with Crippen LogP contribution in [0.5, 0.6) is 5.88 Å². The molecular weight excluding hydrogens is 611 g/mol. The number of nitrogens with one attached hydrogen (secondary N) is 2. The van der Waals surface area contributed by atoms with Gasteiger partial charge in [-0.15, -0.1) is 12.4 Å². The van der Waals surface area contributed by atoms with Crippen molar-refractivity contribution >= 4 is 56.6 Å². The molecule has 3 aromatic heterocycles. The molecule has 2 N–H and O–H groups in total. The Balaban J connectivity index is 0.00000384. The monoisotopic (exact) mass is 642 g/mol. The highest BCUT2D eigenvalue weighted by atomic mass is 35.5. The number of halogens is 2. The maximum Gasteiger partial charge on any atom is 0.241 e. The number of ether oxygens (including phenoxy) is 1. The minimum Gasteiger partial charge on any atom is -0.475 e. The van der Waals surface area contributed by atoms with Crippen molar-refractivity contribution in [3.63, 3.8) is 0 Å². The molecule has 0 atom stereocenters. The Hall–Kier alpha value is -4.14. The van der Waals surface area contributed by atoms with Crippen LogP contribution in [-0.4, -0.2) is 79.8 Å². The summed E-state index contributed by atoms with van der Waals surface area (Å²) >= 11 is 0. The fourth-order valence-corrected chi connectivity index (χ4v) is 6.24. The highest BCUT2D eigenvalue weighted by Crippen LogP contribution is 2.50. The zero-order valence-corrected chi connectivity index (χ0v) is 26.2. The predicted molar refractivity (Wildman–Crippen MR) is 169 cm³/mol. The standard InChI is InChI=1S/C29H31FN8O4S.ClH/c1-17(2)31-8-9-42-26-23(36-43(4,40)41)10-18(13-35-26)19-11-20-22(12-21(19)30)34-14-24-25(20)29(27(39)37(24)3)15-38(16-29)28-32-6-5-7-33-28;/h5-7,10-14,17,31,36H,8-9,15-16H2,1-4H3;1H. The van der Waals surface area contributed by atoms with Crippen molar-refractivity contribution in [1.29, 1.82) is 0 Å².